The van der Waals surface area contributed by atoms with Crippen LogP contribution < -0.4 is 4.74 Å². The van der Waals surface area contributed by atoms with Crippen molar-refractivity contribution in [3.63, 3.8) is 0 Å². The highest BCUT2D eigenvalue weighted by atomic mass is 16.9. The van der Waals surface area contributed by atoms with Gasteiger partial charge >= 0.3 is 29.9 Å². The van der Waals surface area contributed by atoms with Gasteiger partial charge in [0.25, 0.3) is 5.69 Å². The third-order valence-corrected chi connectivity index (χ3v) is 4.33. The van der Waals surface area contributed by atoms with Gasteiger partial charge in [-0.15, -0.1) is 0 Å². The normalized spacial score (nSPS) is 26.0. The summed E-state index contributed by atoms with van der Waals surface area (Å²) in [4.78, 5) is 56.9. The third-order valence-electron chi connectivity index (χ3n) is 4.33. The molecule has 1 N–H and O–H groups in total. The zero-order valence-electron chi connectivity index (χ0n) is 18.6. The maximum atomic E-state index is 11.8. The predicted molar refractivity (Wildman–Crippen MR) is 107 cm³/mol. The number of nitro benzene ring substituents is 1. The molecule has 0 unspecified atom stereocenters. The maximum absolute atomic E-state index is 11.8. The number of nitrogens with zero attached hydrogens (tertiary/aromatic N) is 1. The summed E-state index contributed by atoms with van der Waals surface area (Å²) in [6, 6.07) is 4.41. The Morgan fingerprint density at radius 3 is 1.94 bits per heavy atom. The molecule has 1 aliphatic heterocycles. The van der Waals surface area contributed by atoms with Crippen LogP contribution in [0, 0.1) is 10.1 Å². The largest absolute Gasteiger partial charge is 0.463 e. The molecular weight excluding hydrogens is 462 g/mol. The van der Waals surface area contributed by atoms with Crippen molar-refractivity contribution in [3.8, 4) is 5.75 Å². The van der Waals surface area contributed by atoms with Crippen LogP contribution in [-0.4, -0.2) is 70.9 Å². The van der Waals surface area contributed by atoms with Crippen LogP contribution in [0.5, 0.6) is 5.75 Å². The molecule has 0 bridgehead atoms. The summed E-state index contributed by atoms with van der Waals surface area (Å²) in [5.41, 5.74) is -0.277. The number of aliphatic hydroxyl groups is 1. The minimum absolute atomic E-state index is 0.163. The molecule has 0 aliphatic carbocycles. The van der Waals surface area contributed by atoms with Crippen LogP contribution in [0.2, 0.25) is 0 Å². The number of benzene rings is 1. The Labute approximate surface area is 192 Å². The van der Waals surface area contributed by atoms with Gasteiger partial charge in [-0.3, -0.25) is 29.3 Å². The van der Waals surface area contributed by atoms with Gasteiger partial charge in [0, 0.05) is 39.8 Å². The van der Waals surface area contributed by atoms with E-state index in [0.717, 1.165) is 52.0 Å². The first kappa shape index (κ1) is 26.5. The van der Waals surface area contributed by atoms with Crippen molar-refractivity contribution in [2.24, 2.45) is 0 Å². The lowest BCUT2D eigenvalue weighted by molar-refractivity contribution is -0.421. The molecule has 1 aromatic carbocycles. The summed E-state index contributed by atoms with van der Waals surface area (Å²) in [6.07, 6.45) is -6.51. The molecule has 1 aromatic rings. The first-order valence-corrected chi connectivity index (χ1v) is 9.81. The second-order valence-corrected chi connectivity index (χ2v) is 7.12. The average Bonchev–Trinajstić information content (AvgIpc) is 2.71. The van der Waals surface area contributed by atoms with Crippen molar-refractivity contribution in [1.82, 2.24) is 0 Å². The fourth-order valence-corrected chi connectivity index (χ4v) is 3.13. The van der Waals surface area contributed by atoms with Gasteiger partial charge in [0.05, 0.1) is 4.92 Å². The van der Waals surface area contributed by atoms with E-state index < -0.39 is 65.8 Å². The Balaban J connectivity index is 2.53. The zero-order valence-corrected chi connectivity index (χ0v) is 18.6. The minimum atomic E-state index is -2.87. The van der Waals surface area contributed by atoms with E-state index in [0.29, 0.717) is 0 Å². The smallest absolute Gasteiger partial charge is 0.368 e. The lowest BCUT2D eigenvalue weighted by Crippen LogP contribution is -2.70. The highest BCUT2D eigenvalue weighted by molar-refractivity contribution is 5.68. The van der Waals surface area contributed by atoms with Crippen LogP contribution in [0.1, 0.15) is 27.7 Å². The molecule has 1 fully saturated rings. The van der Waals surface area contributed by atoms with Crippen molar-refractivity contribution in [2.75, 3.05) is 6.61 Å². The Kier molecular flexibility index (Phi) is 8.48. The van der Waals surface area contributed by atoms with Gasteiger partial charge < -0.3 is 33.5 Å². The summed E-state index contributed by atoms with van der Waals surface area (Å²) in [5, 5.41) is 22.1. The Bertz CT molecular complexity index is 946. The standard InChI is InChI=1S/C20H23NO13/c1-10(22)29-9-16-17(30-11(2)23)18(31-12(3)24)19(32-13(4)25)20(26,34-16)33-15-7-5-14(6-8-15)21(27)28/h5-8,16-19,26H,9H2,1-4H3/t16-,17+,18+,19-,20-/m1/s1. The molecular formula is C20H23NO13. The highest BCUT2D eigenvalue weighted by Gasteiger charge is 2.62. The van der Waals surface area contributed by atoms with E-state index in [-0.39, 0.29) is 11.4 Å². The van der Waals surface area contributed by atoms with Crippen molar-refractivity contribution in [1.29, 1.82) is 0 Å². The molecule has 0 amide bonds. The topological polar surface area (TPSA) is 187 Å². The molecule has 1 heterocycles. The van der Waals surface area contributed by atoms with Gasteiger partial charge in [-0.1, -0.05) is 0 Å². The number of carbonyl (C=O) groups excluding carboxylic acids is 4. The molecule has 0 aromatic heterocycles. The second kappa shape index (κ2) is 10.9. The van der Waals surface area contributed by atoms with E-state index in [1.807, 2.05) is 0 Å². The van der Waals surface area contributed by atoms with E-state index in [1.165, 1.54) is 0 Å². The summed E-state index contributed by atoms with van der Waals surface area (Å²) in [7, 11) is 0. The van der Waals surface area contributed by atoms with E-state index in [1.54, 1.807) is 0 Å². The van der Waals surface area contributed by atoms with E-state index >= 15 is 0 Å². The number of hydrogen-bond acceptors (Lipinski definition) is 13. The Morgan fingerprint density at radius 2 is 1.47 bits per heavy atom. The van der Waals surface area contributed by atoms with Crippen LogP contribution in [0.25, 0.3) is 0 Å². The lowest BCUT2D eigenvalue weighted by Gasteiger charge is -2.47. The molecule has 0 radical (unpaired) electrons. The molecule has 1 aliphatic rings. The van der Waals surface area contributed by atoms with Crippen molar-refractivity contribution < 1.29 is 57.6 Å². The van der Waals surface area contributed by atoms with E-state index in [2.05, 4.69) is 0 Å². The molecule has 14 nitrogen and oxygen atoms in total. The Morgan fingerprint density at radius 1 is 0.941 bits per heavy atom. The molecule has 2 rings (SSSR count). The zero-order chi connectivity index (χ0) is 25.6. The predicted octanol–water partition coefficient (Wildman–Crippen LogP) is 0.377. The molecule has 186 valence electrons. The van der Waals surface area contributed by atoms with Crippen LogP contribution >= 0.6 is 0 Å². The number of esters is 4. The quantitative estimate of drug-likeness (QED) is 0.175. The molecule has 0 spiro atoms. The molecule has 5 atom stereocenters. The number of carbonyl (C=O) groups is 4. The second-order valence-electron chi connectivity index (χ2n) is 7.12. The highest BCUT2D eigenvalue weighted by Crippen LogP contribution is 2.36. The first-order chi connectivity index (χ1) is 15.8. The molecule has 34 heavy (non-hydrogen) atoms. The minimum Gasteiger partial charge on any atom is -0.463 e. The van der Waals surface area contributed by atoms with Gasteiger partial charge in [0.2, 0.25) is 6.10 Å². The fourth-order valence-electron chi connectivity index (χ4n) is 3.13. The molecule has 14 heteroatoms. The van der Waals surface area contributed by atoms with Gasteiger partial charge in [-0.25, -0.2) is 0 Å². The van der Waals surface area contributed by atoms with E-state index in [9.17, 15) is 34.4 Å². The Hall–Kier alpha value is -3.78. The molecule has 0 saturated carbocycles. The number of non-ortho nitro benzene ring substituents is 1. The monoisotopic (exact) mass is 485 g/mol. The lowest BCUT2D eigenvalue weighted by atomic mass is 9.96. The summed E-state index contributed by atoms with van der Waals surface area (Å²) < 4.78 is 31.4. The van der Waals surface area contributed by atoms with Crippen molar-refractivity contribution in [2.45, 2.75) is 58.1 Å². The van der Waals surface area contributed by atoms with Gasteiger partial charge in [-0.05, 0) is 12.1 Å². The SMILES string of the molecule is CC(=O)OC[C@H]1O[C@](O)(Oc2ccc([N+](=O)[O-])cc2)[C@H](OC(C)=O)[C@@H](OC(C)=O)[C@H]1OC(C)=O. The average molecular weight is 485 g/mol. The van der Waals surface area contributed by atoms with Gasteiger partial charge in [-0.2, -0.15) is 0 Å². The third kappa shape index (κ3) is 6.86. The number of ether oxygens (including phenoxy) is 6. The fraction of sp³-hybridized carbons (Fsp3) is 0.500. The van der Waals surface area contributed by atoms with Crippen molar-refractivity contribution >= 4 is 29.6 Å². The van der Waals surface area contributed by atoms with Crippen LogP contribution in [0.15, 0.2) is 24.3 Å². The van der Waals surface area contributed by atoms with Crippen LogP contribution in [0.4, 0.5) is 5.69 Å². The number of nitro groups is 1. The van der Waals surface area contributed by atoms with Gasteiger partial charge in [0.15, 0.2) is 12.2 Å². The number of hydrogen-bond donors (Lipinski definition) is 1. The first-order valence-electron chi connectivity index (χ1n) is 9.81. The molecule has 1 saturated heterocycles. The summed E-state index contributed by atoms with van der Waals surface area (Å²) in [5.74, 6) is -6.47. The number of rotatable bonds is 8. The van der Waals surface area contributed by atoms with Crippen molar-refractivity contribution in [3.05, 3.63) is 34.4 Å². The summed E-state index contributed by atoms with van der Waals surface area (Å²) >= 11 is 0. The van der Waals surface area contributed by atoms with Crippen LogP contribution in [0.3, 0.4) is 0 Å². The van der Waals surface area contributed by atoms with E-state index in [4.69, 9.17) is 28.4 Å². The van der Waals surface area contributed by atoms with Gasteiger partial charge in [0.1, 0.15) is 18.5 Å². The maximum Gasteiger partial charge on any atom is 0.368 e. The summed E-state index contributed by atoms with van der Waals surface area (Å²) in [6.45, 7) is 3.56. The van der Waals surface area contributed by atoms with Crippen LogP contribution in [-0.2, 0) is 42.9 Å².